The maximum absolute atomic E-state index is 12.8. The summed E-state index contributed by atoms with van der Waals surface area (Å²) in [5, 5.41) is 15.7. The van der Waals surface area contributed by atoms with Crippen LogP contribution in [0.1, 0.15) is 31.9 Å². The zero-order chi connectivity index (χ0) is 25.1. The smallest absolute Gasteiger partial charge is 0.325 e. The summed E-state index contributed by atoms with van der Waals surface area (Å²) in [6.07, 6.45) is 1.81. The van der Waals surface area contributed by atoms with Crippen molar-refractivity contribution in [2.45, 2.75) is 56.8 Å². The van der Waals surface area contributed by atoms with Crippen LogP contribution >= 0.6 is 0 Å². The van der Waals surface area contributed by atoms with Crippen molar-refractivity contribution in [2.24, 2.45) is 17.2 Å². The van der Waals surface area contributed by atoms with Crippen LogP contribution in [0, 0.1) is 0 Å². The maximum atomic E-state index is 12.8. The maximum Gasteiger partial charge on any atom is 0.325 e. The van der Waals surface area contributed by atoms with E-state index in [1.54, 1.807) is 0 Å². The highest BCUT2D eigenvalue weighted by molar-refractivity contribution is 5.96. The van der Waals surface area contributed by atoms with Crippen molar-refractivity contribution >= 4 is 35.5 Å². The second kappa shape index (κ2) is 12.7. The largest absolute Gasteiger partial charge is 0.480 e. The first-order valence-corrected chi connectivity index (χ1v) is 9.84. The Bertz CT molecular complexity index is 873. The van der Waals surface area contributed by atoms with Crippen LogP contribution in [-0.2, 0) is 35.2 Å². The second-order valence-electron chi connectivity index (χ2n) is 7.25. The number of nitrogens with one attached hydrogen (secondary N) is 4. The summed E-state index contributed by atoms with van der Waals surface area (Å²) in [6.45, 7) is 1.18. The number of H-pyrrole nitrogens is 1. The number of carboxylic acids is 1. The van der Waals surface area contributed by atoms with E-state index in [2.05, 4.69) is 25.9 Å². The molecule has 0 saturated heterocycles. The number of nitrogens with zero attached hydrogens (tertiary/aromatic N) is 1. The van der Waals surface area contributed by atoms with Crippen LogP contribution in [0.4, 0.5) is 0 Å². The van der Waals surface area contributed by atoms with Gasteiger partial charge >= 0.3 is 5.97 Å². The van der Waals surface area contributed by atoms with E-state index in [1.807, 2.05) is 0 Å². The number of carbonyl (C=O) groups is 6. The van der Waals surface area contributed by atoms with Crippen LogP contribution in [0.5, 0.6) is 0 Å². The minimum atomic E-state index is -1.52. The van der Waals surface area contributed by atoms with Gasteiger partial charge in [-0.3, -0.25) is 28.8 Å². The molecule has 5 amide bonds. The van der Waals surface area contributed by atoms with E-state index in [1.165, 1.54) is 19.4 Å². The summed E-state index contributed by atoms with van der Waals surface area (Å²) in [7, 11) is 0. The van der Waals surface area contributed by atoms with Crippen molar-refractivity contribution in [3.8, 4) is 0 Å². The fraction of sp³-hybridized carbons (Fsp3) is 0.500. The molecule has 1 aromatic heterocycles. The SMILES string of the molecule is CC(NC(=O)C(CC(N)=O)NC(=O)C(CCC(N)=O)NC(=O)C(N)Cc1cnc[nH]1)C(=O)O. The Balaban J connectivity index is 2.92. The highest BCUT2D eigenvalue weighted by atomic mass is 16.4. The molecule has 182 valence electrons. The summed E-state index contributed by atoms with van der Waals surface area (Å²) in [5.74, 6) is -5.67. The molecule has 0 aromatic carbocycles. The number of amides is 5. The zero-order valence-corrected chi connectivity index (χ0v) is 17.9. The summed E-state index contributed by atoms with van der Waals surface area (Å²) in [5.41, 5.74) is 16.7. The van der Waals surface area contributed by atoms with Crippen molar-refractivity contribution < 1.29 is 33.9 Å². The number of hydrogen-bond donors (Lipinski definition) is 8. The molecule has 11 N–H and O–H groups in total. The van der Waals surface area contributed by atoms with Gasteiger partial charge in [-0.05, 0) is 13.3 Å². The Morgan fingerprint density at radius 1 is 1.00 bits per heavy atom. The van der Waals surface area contributed by atoms with E-state index in [9.17, 15) is 28.8 Å². The number of primary amides is 2. The molecule has 0 spiro atoms. The molecule has 0 fully saturated rings. The number of carbonyl (C=O) groups excluding carboxylic acids is 5. The average Bonchev–Trinajstić information content (AvgIpc) is 3.22. The monoisotopic (exact) mass is 468 g/mol. The lowest BCUT2D eigenvalue weighted by Crippen LogP contribution is -2.57. The third kappa shape index (κ3) is 9.77. The van der Waals surface area contributed by atoms with Crippen LogP contribution in [-0.4, -0.2) is 74.7 Å². The van der Waals surface area contributed by atoms with E-state index in [0.29, 0.717) is 5.69 Å². The lowest BCUT2D eigenvalue weighted by Gasteiger charge is -2.24. The van der Waals surface area contributed by atoms with E-state index >= 15 is 0 Å². The Labute approximate surface area is 188 Å². The lowest BCUT2D eigenvalue weighted by atomic mass is 10.1. The van der Waals surface area contributed by atoms with Gasteiger partial charge in [0.15, 0.2) is 0 Å². The van der Waals surface area contributed by atoms with Crippen molar-refractivity contribution in [2.75, 3.05) is 0 Å². The summed E-state index contributed by atoms with van der Waals surface area (Å²) < 4.78 is 0. The molecule has 0 aliphatic heterocycles. The molecule has 0 bridgehead atoms. The third-order valence-electron chi connectivity index (χ3n) is 4.41. The average molecular weight is 468 g/mol. The molecule has 1 rings (SSSR count). The van der Waals surface area contributed by atoms with Gasteiger partial charge < -0.3 is 43.2 Å². The van der Waals surface area contributed by atoms with Crippen LogP contribution in [0.3, 0.4) is 0 Å². The standard InChI is InChI=1S/C18H28N8O7/c1-8(18(32)33)24-17(31)12(5-14(21)28)26-16(30)11(2-3-13(20)27)25-15(29)10(19)4-9-6-22-7-23-9/h6-8,10-12H,2-5,19H2,1H3,(H2,20,27)(H2,21,28)(H,22,23)(H,24,31)(H,25,29)(H,26,30)(H,32,33). The molecule has 0 radical (unpaired) electrons. The molecular weight excluding hydrogens is 440 g/mol. The fourth-order valence-electron chi connectivity index (χ4n) is 2.62. The molecule has 0 aliphatic rings. The van der Waals surface area contributed by atoms with Crippen molar-refractivity contribution in [3.63, 3.8) is 0 Å². The van der Waals surface area contributed by atoms with Crippen molar-refractivity contribution in [1.82, 2.24) is 25.9 Å². The number of carboxylic acid groups (broad SMARTS) is 1. The summed E-state index contributed by atoms with van der Waals surface area (Å²) in [4.78, 5) is 77.6. The zero-order valence-electron chi connectivity index (χ0n) is 17.9. The van der Waals surface area contributed by atoms with E-state index in [-0.39, 0.29) is 19.3 Å². The number of aromatic amines is 1. The van der Waals surface area contributed by atoms with Gasteiger partial charge in [0.05, 0.1) is 18.8 Å². The Kier molecular flexibility index (Phi) is 10.4. The molecule has 1 aromatic rings. The molecule has 1 heterocycles. The number of aliphatic carboxylic acids is 1. The van der Waals surface area contributed by atoms with E-state index in [4.69, 9.17) is 22.3 Å². The Hall–Kier alpha value is -4.01. The molecule has 0 aliphatic carbocycles. The first-order valence-electron chi connectivity index (χ1n) is 9.84. The van der Waals surface area contributed by atoms with Gasteiger partial charge in [0.25, 0.3) is 0 Å². The van der Waals surface area contributed by atoms with Crippen LogP contribution in [0.15, 0.2) is 12.5 Å². The predicted octanol–water partition coefficient (Wildman–Crippen LogP) is -4.02. The predicted molar refractivity (Wildman–Crippen MR) is 112 cm³/mol. The van der Waals surface area contributed by atoms with Crippen molar-refractivity contribution in [1.29, 1.82) is 0 Å². The number of aromatic nitrogens is 2. The van der Waals surface area contributed by atoms with Gasteiger partial charge in [0.1, 0.15) is 18.1 Å². The lowest BCUT2D eigenvalue weighted by molar-refractivity contribution is -0.142. The molecule has 0 saturated carbocycles. The van der Waals surface area contributed by atoms with Gasteiger partial charge in [0.2, 0.25) is 29.5 Å². The minimum Gasteiger partial charge on any atom is -0.480 e. The minimum absolute atomic E-state index is 0.0791. The Morgan fingerprint density at radius 3 is 2.12 bits per heavy atom. The molecule has 4 unspecified atom stereocenters. The summed E-state index contributed by atoms with van der Waals surface area (Å²) in [6, 6.07) is -5.24. The highest BCUT2D eigenvalue weighted by Crippen LogP contribution is 2.03. The number of nitrogens with two attached hydrogens (primary N) is 3. The molecule has 4 atom stereocenters. The Morgan fingerprint density at radius 2 is 1.61 bits per heavy atom. The number of rotatable bonds is 14. The number of hydrogen-bond acceptors (Lipinski definition) is 8. The second-order valence-corrected chi connectivity index (χ2v) is 7.25. The summed E-state index contributed by atoms with van der Waals surface area (Å²) >= 11 is 0. The highest BCUT2D eigenvalue weighted by Gasteiger charge is 2.30. The first kappa shape index (κ1) is 27.0. The quantitative estimate of drug-likeness (QED) is 0.132. The van der Waals surface area contributed by atoms with Crippen LogP contribution in [0.25, 0.3) is 0 Å². The number of imidazole rings is 1. The van der Waals surface area contributed by atoms with Crippen molar-refractivity contribution in [3.05, 3.63) is 18.2 Å². The van der Waals surface area contributed by atoms with Gasteiger partial charge in [-0.1, -0.05) is 0 Å². The van der Waals surface area contributed by atoms with Gasteiger partial charge in [-0.25, -0.2) is 4.98 Å². The first-order chi connectivity index (χ1) is 15.4. The normalized spacial score (nSPS) is 14.2. The van der Waals surface area contributed by atoms with Crippen LogP contribution < -0.4 is 33.2 Å². The topological polar surface area (TPSA) is 265 Å². The van der Waals surface area contributed by atoms with Crippen LogP contribution in [0.2, 0.25) is 0 Å². The molecule has 15 nitrogen and oxygen atoms in total. The van der Waals surface area contributed by atoms with E-state index in [0.717, 1.165) is 0 Å². The van der Waals surface area contributed by atoms with Gasteiger partial charge in [0, 0.05) is 24.7 Å². The van der Waals surface area contributed by atoms with E-state index < -0.39 is 66.1 Å². The molecular formula is C18H28N8O7. The van der Waals surface area contributed by atoms with Gasteiger partial charge in [-0.15, -0.1) is 0 Å². The van der Waals surface area contributed by atoms with Gasteiger partial charge in [-0.2, -0.15) is 0 Å². The molecule has 33 heavy (non-hydrogen) atoms. The fourth-order valence-corrected chi connectivity index (χ4v) is 2.62. The molecule has 15 heteroatoms. The third-order valence-corrected chi connectivity index (χ3v) is 4.41.